The van der Waals surface area contributed by atoms with Gasteiger partial charge >= 0.3 is 0 Å². The van der Waals surface area contributed by atoms with E-state index in [1.807, 2.05) is 41.9 Å². The SMILES string of the molecule is CC(=O)N1CCn2c(-c3cnn(C)c3)cnc2C12CCN(Cc1nccs1)CC2. The normalized spacial score (nSPS) is 18.9. The summed E-state index contributed by atoms with van der Waals surface area (Å²) < 4.78 is 4.11. The van der Waals surface area contributed by atoms with Crippen LogP contribution < -0.4 is 0 Å². The third-order valence-corrected chi connectivity index (χ3v) is 7.01. The van der Waals surface area contributed by atoms with Gasteiger partial charge in [0.15, 0.2) is 0 Å². The van der Waals surface area contributed by atoms with Crippen LogP contribution in [-0.2, 0) is 30.5 Å². The molecular formula is C20H25N7OS. The Labute approximate surface area is 173 Å². The molecule has 152 valence electrons. The highest BCUT2D eigenvalue weighted by Crippen LogP contribution is 2.42. The summed E-state index contributed by atoms with van der Waals surface area (Å²) in [6.07, 6.45) is 9.49. The smallest absolute Gasteiger partial charge is 0.220 e. The number of fused-ring (bicyclic) bond motifs is 2. The molecule has 29 heavy (non-hydrogen) atoms. The Hall–Kier alpha value is -2.52. The number of amides is 1. The predicted molar refractivity (Wildman–Crippen MR) is 110 cm³/mol. The van der Waals surface area contributed by atoms with E-state index in [0.717, 1.165) is 67.7 Å². The molecule has 3 aromatic heterocycles. The molecule has 8 nitrogen and oxygen atoms in total. The second-order valence-corrected chi connectivity index (χ2v) is 8.90. The van der Waals surface area contributed by atoms with Crippen LogP contribution in [0, 0.1) is 0 Å². The van der Waals surface area contributed by atoms with Crippen LogP contribution in [0.25, 0.3) is 11.3 Å². The molecule has 0 saturated carbocycles. The fourth-order valence-corrected chi connectivity index (χ4v) is 5.51. The number of aromatic nitrogens is 5. The molecular weight excluding hydrogens is 386 g/mol. The maximum Gasteiger partial charge on any atom is 0.220 e. The summed E-state index contributed by atoms with van der Waals surface area (Å²) in [6, 6.07) is 0. The number of hydrogen-bond donors (Lipinski definition) is 0. The number of likely N-dealkylation sites (tertiary alicyclic amines) is 1. The lowest BCUT2D eigenvalue weighted by Crippen LogP contribution is -2.59. The summed E-state index contributed by atoms with van der Waals surface area (Å²) in [4.78, 5) is 26.3. The van der Waals surface area contributed by atoms with Gasteiger partial charge in [0.1, 0.15) is 16.4 Å². The van der Waals surface area contributed by atoms with Gasteiger partial charge < -0.3 is 9.47 Å². The maximum atomic E-state index is 12.6. The van der Waals surface area contributed by atoms with Crippen LogP contribution in [0.5, 0.6) is 0 Å². The number of aryl methyl sites for hydroxylation is 1. The van der Waals surface area contributed by atoms with E-state index in [1.165, 1.54) is 0 Å². The Morgan fingerprint density at radius 2 is 2.00 bits per heavy atom. The first kappa shape index (κ1) is 18.5. The average molecular weight is 412 g/mol. The topological polar surface area (TPSA) is 72.1 Å². The zero-order chi connectivity index (χ0) is 20.0. The van der Waals surface area contributed by atoms with Gasteiger partial charge in [-0.05, 0) is 12.8 Å². The number of thiazole rings is 1. The van der Waals surface area contributed by atoms with E-state index >= 15 is 0 Å². The average Bonchev–Trinajstić information content (AvgIpc) is 3.44. The molecule has 0 N–H and O–H groups in total. The fourth-order valence-electron chi connectivity index (χ4n) is 4.85. The lowest BCUT2D eigenvalue weighted by Gasteiger charge is -2.50. The number of rotatable bonds is 3. The number of piperidine rings is 1. The molecule has 1 fully saturated rings. The van der Waals surface area contributed by atoms with Crippen LogP contribution in [0.4, 0.5) is 0 Å². The van der Waals surface area contributed by atoms with Crippen molar-refractivity contribution in [1.29, 1.82) is 0 Å². The minimum atomic E-state index is -0.329. The number of carbonyl (C=O) groups excluding carboxylic acids is 1. The first-order chi connectivity index (χ1) is 14.1. The second kappa shape index (κ2) is 7.07. The molecule has 1 saturated heterocycles. The quantitative estimate of drug-likeness (QED) is 0.660. The number of imidazole rings is 1. The van der Waals surface area contributed by atoms with E-state index in [1.54, 1.807) is 18.3 Å². The molecule has 0 unspecified atom stereocenters. The van der Waals surface area contributed by atoms with Crippen molar-refractivity contribution >= 4 is 17.2 Å². The summed E-state index contributed by atoms with van der Waals surface area (Å²) in [5.41, 5.74) is 1.82. The van der Waals surface area contributed by atoms with E-state index in [-0.39, 0.29) is 11.4 Å². The minimum absolute atomic E-state index is 0.135. The Balaban J connectivity index is 1.46. The van der Waals surface area contributed by atoms with E-state index < -0.39 is 0 Å². The molecule has 3 aromatic rings. The third kappa shape index (κ3) is 3.08. The van der Waals surface area contributed by atoms with Gasteiger partial charge in [-0.25, -0.2) is 9.97 Å². The van der Waals surface area contributed by atoms with Gasteiger partial charge in [0.25, 0.3) is 0 Å². The molecule has 0 aromatic carbocycles. The zero-order valence-electron chi connectivity index (χ0n) is 16.8. The van der Waals surface area contributed by atoms with Gasteiger partial charge in [-0.2, -0.15) is 5.10 Å². The Morgan fingerprint density at radius 3 is 2.66 bits per heavy atom. The van der Waals surface area contributed by atoms with Crippen LogP contribution in [0.2, 0.25) is 0 Å². The van der Waals surface area contributed by atoms with Gasteiger partial charge in [-0.15, -0.1) is 11.3 Å². The molecule has 1 spiro atoms. The minimum Gasteiger partial charge on any atom is -0.328 e. The van der Waals surface area contributed by atoms with Crippen LogP contribution in [-0.4, -0.2) is 59.7 Å². The van der Waals surface area contributed by atoms with E-state index in [0.29, 0.717) is 0 Å². The standard InChI is InChI=1S/C20H25N7OS/c1-15(28)27-9-8-26-17(16-11-23-24(2)13-16)12-22-19(26)20(27)3-6-25(7-4-20)14-18-21-5-10-29-18/h5,10-13H,3-4,6-9,14H2,1-2H3. The van der Waals surface area contributed by atoms with E-state index in [2.05, 4.69) is 24.4 Å². The molecule has 1 amide bonds. The second-order valence-electron chi connectivity index (χ2n) is 7.93. The first-order valence-corrected chi connectivity index (χ1v) is 10.9. The molecule has 0 bridgehead atoms. The van der Waals surface area contributed by atoms with Crippen molar-refractivity contribution in [3.63, 3.8) is 0 Å². The molecule has 2 aliphatic heterocycles. The van der Waals surface area contributed by atoms with Crippen molar-refractivity contribution in [3.05, 3.63) is 41.0 Å². The molecule has 9 heteroatoms. The van der Waals surface area contributed by atoms with Gasteiger partial charge in [0.05, 0.1) is 24.6 Å². The third-order valence-electron chi connectivity index (χ3n) is 6.24. The van der Waals surface area contributed by atoms with Crippen molar-refractivity contribution < 1.29 is 4.79 Å². The molecule has 0 atom stereocenters. The molecule has 2 aliphatic rings. The fraction of sp³-hybridized carbons (Fsp3) is 0.500. The van der Waals surface area contributed by atoms with Crippen LogP contribution >= 0.6 is 11.3 Å². The summed E-state index contributed by atoms with van der Waals surface area (Å²) in [5, 5.41) is 7.48. The molecule has 5 rings (SSSR count). The Kier molecular flexibility index (Phi) is 4.51. The van der Waals surface area contributed by atoms with Crippen molar-refractivity contribution in [2.75, 3.05) is 19.6 Å². The molecule has 0 radical (unpaired) electrons. The van der Waals surface area contributed by atoms with E-state index in [9.17, 15) is 4.79 Å². The predicted octanol–water partition coefficient (Wildman–Crippen LogP) is 2.09. The lowest BCUT2D eigenvalue weighted by molar-refractivity contribution is -0.141. The van der Waals surface area contributed by atoms with Crippen molar-refractivity contribution in [3.8, 4) is 11.3 Å². The summed E-state index contributed by atoms with van der Waals surface area (Å²) >= 11 is 1.70. The van der Waals surface area contributed by atoms with E-state index in [4.69, 9.17) is 4.98 Å². The maximum absolute atomic E-state index is 12.6. The Bertz CT molecular complexity index is 1010. The monoisotopic (exact) mass is 411 g/mol. The Morgan fingerprint density at radius 1 is 1.17 bits per heavy atom. The number of nitrogens with zero attached hydrogens (tertiary/aromatic N) is 7. The highest BCUT2D eigenvalue weighted by Gasteiger charge is 2.48. The summed E-state index contributed by atoms with van der Waals surface area (Å²) in [6.45, 7) is 5.91. The molecule has 5 heterocycles. The van der Waals surface area contributed by atoms with Gasteiger partial charge in [-0.3, -0.25) is 14.4 Å². The highest BCUT2D eigenvalue weighted by atomic mass is 32.1. The van der Waals surface area contributed by atoms with Gasteiger partial charge in [0.2, 0.25) is 5.91 Å². The zero-order valence-corrected chi connectivity index (χ0v) is 17.6. The largest absolute Gasteiger partial charge is 0.328 e. The highest BCUT2D eigenvalue weighted by molar-refractivity contribution is 7.09. The van der Waals surface area contributed by atoms with Crippen LogP contribution in [0.15, 0.2) is 30.2 Å². The number of carbonyl (C=O) groups is 1. The lowest BCUT2D eigenvalue weighted by atomic mass is 9.83. The van der Waals surface area contributed by atoms with Crippen molar-refractivity contribution in [1.82, 2.24) is 34.1 Å². The van der Waals surface area contributed by atoms with Crippen molar-refractivity contribution in [2.45, 2.75) is 38.4 Å². The molecule has 0 aliphatic carbocycles. The van der Waals surface area contributed by atoms with Crippen LogP contribution in [0.3, 0.4) is 0 Å². The van der Waals surface area contributed by atoms with Gasteiger partial charge in [-0.1, -0.05) is 0 Å². The van der Waals surface area contributed by atoms with Crippen LogP contribution in [0.1, 0.15) is 30.6 Å². The summed E-state index contributed by atoms with van der Waals surface area (Å²) in [7, 11) is 1.92. The summed E-state index contributed by atoms with van der Waals surface area (Å²) in [5.74, 6) is 1.15. The van der Waals surface area contributed by atoms with Crippen molar-refractivity contribution in [2.24, 2.45) is 7.05 Å². The first-order valence-electron chi connectivity index (χ1n) is 10.0. The number of hydrogen-bond acceptors (Lipinski definition) is 6. The van der Waals surface area contributed by atoms with Gasteiger partial charge in [0, 0.05) is 63.5 Å².